The summed E-state index contributed by atoms with van der Waals surface area (Å²) in [4.78, 5) is 16.2. The highest BCUT2D eigenvalue weighted by Gasteiger charge is 2.05. The molecule has 0 fully saturated rings. The van der Waals surface area contributed by atoms with Crippen LogP contribution in [0.3, 0.4) is 0 Å². The molecule has 0 radical (unpaired) electrons. The molecule has 1 aromatic carbocycles. The molecule has 0 aliphatic heterocycles. The first-order valence-corrected chi connectivity index (χ1v) is 5.88. The topological polar surface area (TPSA) is 42.0 Å². The molecule has 1 amide bonds. The van der Waals surface area contributed by atoms with Crippen LogP contribution in [0, 0.1) is 6.92 Å². The Balaban J connectivity index is 2.44. The van der Waals surface area contributed by atoms with E-state index in [1.54, 1.807) is 6.08 Å². The number of para-hydroxylation sites is 1. The minimum absolute atomic E-state index is 0.106. The van der Waals surface area contributed by atoms with Gasteiger partial charge in [-0.1, -0.05) is 23.8 Å². The molecule has 2 aromatic rings. The maximum absolute atomic E-state index is 11.8. The van der Waals surface area contributed by atoms with E-state index < -0.39 is 0 Å². The van der Waals surface area contributed by atoms with Crippen LogP contribution in [-0.2, 0) is 4.79 Å². The molecule has 0 spiro atoms. The Bertz CT molecular complexity index is 625. The van der Waals surface area contributed by atoms with Gasteiger partial charge < -0.3 is 5.32 Å². The maximum atomic E-state index is 11.8. The van der Waals surface area contributed by atoms with Crippen molar-refractivity contribution in [1.29, 1.82) is 0 Å². The van der Waals surface area contributed by atoms with E-state index in [1.165, 1.54) is 0 Å². The Morgan fingerprint density at radius 2 is 2.00 bits per heavy atom. The quantitative estimate of drug-likeness (QED) is 0.817. The van der Waals surface area contributed by atoms with Gasteiger partial charge in [0, 0.05) is 17.2 Å². The molecule has 0 saturated carbocycles. The van der Waals surface area contributed by atoms with Crippen LogP contribution in [0.1, 0.15) is 19.5 Å². The Morgan fingerprint density at radius 1 is 1.28 bits per heavy atom. The molecule has 92 valence electrons. The number of benzene rings is 1. The lowest BCUT2D eigenvalue weighted by molar-refractivity contribution is -0.111. The zero-order valence-electron chi connectivity index (χ0n) is 10.8. The van der Waals surface area contributed by atoms with Gasteiger partial charge in [0.2, 0.25) is 5.91 Å². The first-order chi connectivity index (χ1) is 8.56. The number of anilines is 1. The summed E-state index contributed by atoms with van der Waals surface area (Å²) in [7, 11) is 0. The molecule has 1 aromatic heterocycles. The molecule has 18 heavy (non-hydrogen) atoms. The fourth-order valence-electron chi connectivity index (χ4n) is 1.84. The normalized spacial score (nSPS) is 10.2. The second-order valence-corrected chi connectivity index (χ2v) is 4.54. The number of carbonyl (C=O) groups excluding carboxylic acids is 1. The van der Waals surface area contributed by atoms with Crippen LogP contribution in [0.5, 0.6) is 0 Å². The molecule has 3 nitrogen and oxygen atoms in total. The van der Waals surface area contributed by atoms with Crippen LogP contribution in [0.25, 0.3) is 10.9 Å². The number of aromatic nitrogens is 1. The van der Waals surface area contributed by atoms with Crippen LogP contribution in [0.4, 0.5) is 5.69 Å². The van der Waals surface area contributed by atoms with Crippen LogP contribution < -0.4 is 5.32 Å². The van der Waals surface area contributed by atoms with Gasteiger partial charge in [-0.3, -0.25) is 9.78 Å². The average Bonchev–Trinajstić information content (AvgIpc) is 2.27. The van der Waals surface area contributed by atoms with E-state index in [1.807, 2.05) is 51.1 Å². The minimum Gasteiger partial charge on any atom is -0.322 e. The summed E-state index contributed by atoms with van der Waals surface area (Å²) < 4.78 is 0. The lowest BCUT2D eigenvalue weighted by Crippen LogP contribution is -2.09. The summed E-state index contributed by atoms with van der Waals surface area (Å²) >= 11 is 0. The fraction of sp³-hybridized carbons (Fsp3) is 0.200. The Kier molecular flexibility index (Phi) is 3.42. The number of hydrogen-bond acceptors (Lipinski definition) is 2. The molecule has 0 bridgehead atoms. The van der Waals surface area contributed by atoms with E-state index in [0.29, 0.717) is 0 Å². The first kappa shape index (κ1) is 12.3. The van der Waals surface area contributed by atoms with E-state index in [4.69, 9.17) is 0 Å². The van der Waals surface area contributed by atoms with Crippen LogP contribution in [-0.4, -0.2) is 10.9 Å². The molecular weight excluding hydrogens is 224 g/mol. The van der Waals surface area contributed by atoms with Gasteiger partial charge in [-0.15, -0.1) is 0 Å². The number of fused-ring (bicyclic) bond motifs is 1. The van der Waals surface area contributed by atoms with Crippen LogP contribution in [0.2, 0.25) is 0 Å². The molecule has 0 aliphatic rings. The van der Waals surface area contributed by atoms with Gasteiger partial charge in [0.25, 0.3) is 0 Å². The van der Waals surface area contributed by atoms with E-state index >= 15 is 0 Å². The third-order valence-electron chi connectivity index (χ3n) is 2.52. The Hall–Kier alpha value is -2.16. The highest BCUT2D eigenvalue weighted by molar-refractivity contribution is 6.05. The van der Waals surface area contributed by atoms with E-state index in [2.05, 4.69) is 10.3 Å². The fourth-order valence-corrected chi connectivity index (χ4v) is 1.84. The summed E-state index contributed by atoms with van der Waals surface area (Å²) in [5, 5.41) is 3.86. The van der Waals surface area contributed by atoms with E-state index in [0.717, 1.165) is 27.9 Å². The third-order valence-corrected chi connectivity index (χ3v) is 2.52. The number of nitrogens with zero attached hydrogens (tertiary/aromatic N) is 1. The van der Waals surface area contributed by atoms with Crippen molar-refractivity contribution in [2.75, 3.05) is 5.32 Å². The minimum atomic E-state index is -0.106. The monoisotopic (exact) mass is 240 g/mol. The summed E-state index contributed by atoms with van der Waals surface area (Å²) in [6, 6.07) is 9.67. The van der Waals surface area contributed by atoms with Crippen molar-refractivity contribution in [3.8, 4) is 0 Å². The van der Waals surface area contributed by atoms with E-state index in [-0.39, 0.29) is 5.91 Å². The van der Waals surface area contributed by atoms with Gasteiger partial charge >= 0.3 is 0 Å². The van der Waals surface area contributed by atoms with Crippen molar-refractivity contribution >= 4 is 22.5 Å². The van der Waals surface area contributed by atoms with Gasteiger partial charge in [-0.05, 0) is 32.9 Å². The lowest BCUT2D eigenvalue weighted by atomic mass is 10.1. The first-order valence-electron chi connectivity index (χ1n) is 5.88. The van der Waals surface area contributed by atoms with Crippen molar-refractivity contribution in [2.24, 2.45) is 0 Å². The molecule has 3 heteroatoms. The molecule has 0 unspecified atom stereocenters. The smallest absolute Gasteiger partial charge is 0.248 e. The van der Waals surface area contributed by atoms with Crippen LogP contribution in [0.15, 0.2) is 42.0 Å². The number of rotatable bonds is 2. The summed E-state index contributed by atoms with van der Waals surface area (Å²) in [6.45, 7) is 5.72. The van der Waals surface area contributed by atoms with Gasteiger partial charge in [-0.25, -0.2) is 0 Å². The predicted octanol–water partition coefficient (Wildman–Crippen LogP) is 3.45. The lowest BCUT2D eigenvalue weighted by Gasteiger charge is -2.08. The number of amides is 1. The van der Waals surface area contributed by atoms with Crippen molar-refractivity contribution in [1.82, 2.24) is 4.98 Å². The highest BCUT2D eigenvalue weighted by atomic mass is 16.1. The zero-order valence-corrected chi connectivity index (χ0v) is 10.8. The van der Waals surface area contributed by atoms with Crippen molar-refractivity contribution in [3.63, 3.8) is 0 Å². The molecule has 0 saturated heterocycles. The number of aryl methyl sites for hydroxylation is 1. The standard InChI is InChI=1S/C15H16N2O/c1-10(2)8-15(18)17-14-9-11(3)16-13-7-5-4-6-12(13)14/h4-9H,1-3H3,(H,16,17,18). The number of nitrogens with one attached hydrogen (secondary N) is 1. The predicted molar refractivity (Wildman–Crippen MR) is 74.5 cm³/mol. The number of hydrogen-bond donors (Lipinski definition) is 1. The number of carbonyl (C=O) groups is 1. The highest BCUT2D eigenvalue weighted by Crippen LogP contribution is 2.22. The summed E-state index contributed by atoms with van der Waals surface area (Å²) in [5.74, 6) is -0.106. The number of pyridine rings is 1. The average molecular weight is 240 g/mol. The van der Waals surface area contributed by atoms with Gasteiger partial charge in [-0.2, -0.15) is 0 Å². The SMILES string of the molecule is CC(C)=CC(=O)Nc1cc(C)nc2ccccc12. The second-order valence-electron chi connectivity index (χ2n) is 4.54. The molecule has 0 aliphatic carbocycles. The zero-order chi connectivity index (χ0) is 13.1. The van der Waals surface area contributed by atoms with Crippen molar-refractivity contribution in [3.05, 3.63) is 47.7 Å². The van der Waals surface area contributed by atoms with Gasteiger partial charge in [0.15, 0.2) is 0 Å². The van der Waals surface area contributed by atoms with E-state index in [9.17, 15) is 4.79 Å². The molecule has 1 heterocycles. The van der Waals surface area contributed by atoms with Crippen molar-refractivity contribution < 1.29 is 4.79 Å². The van der Waals surface area contributed by atoms with Crippen molar-refractivity contribution in [2.45, 2.75) is 20.8 Å². The molecule has 2 rings (SSSR count). The summed E-state index contributed by atoms with van der Waals surface area (Å²) in [5.41, 5.74) is 3.56. The molecule has 1 N–H and O–H groups in total. The molecule has 0 atom stereocenters. The van der Waals surface area contributed by atoms with Crippen LogP contribution >= 0.6 is 0 Å². The largest absolute Gasteiger partial charge is 0.322 e. The Morgan fingerprint density at radius 3 is 2.72 bits per heavy atom. The third kappa shape index (κ3) is 2.74. The number of allylic oxidation sites excluding steroid dienone is 1. The van der Waals surface area contributed by atoms with Gasteiger partial charge in [0.05, 0.1) is 11.2 Å². The second kappa shape index (κ2) is 5.00. The van der Waals surface area contributed by atoms with Gasteiger partial charge in [0.1, 0.15) is 0 Å². The Labute approximate surface area is 107 Å². The summed E-state index contributed by atoms with van der Waals surface area (Å²) in [6.07, 6.45) is 1.59. The molecular formula is C15H16N2O. The maximum Gasteiger partial charge on any atom is 0.248 e.